The Balaban J connectivity index is 0. The summed E-state index contributed by atoms with van der Waals surface area (Å²) < 4.78 is 0. The van der Waals surface area contributed by atoms with Crippen molar-refractivity contribution in [1.29, 1.82) is 0 Å². The van der Waals surface area contributed by atoms with Gasteiger partial charge in [0.15, 0.2) is 12.7 Å². The molecule has 0 fully saturated rings. The molecule has 0 aromatic carbocycles. The monoisotopic (exact) mass is 244 g/mol. The average molecular weight is 244 g/mol. The summed E-state index contributed by atoms with van der Waals surface area (Å²) in [6.07, 6.45) is -1.51. The molecule has 1 atom stereocenters. The van der Waals surface area contributed by atoms with Gasteiger partial charge in [0.2, 0.25) is 0 Å². The summed E-state index contributed by atoms with van der Waals surface area (Å²) in [6, 6.07) is 0. The van der Waals surface area contributed by atoms with E-state index in [9.17, 15) is 25.1 Å². The molecule has 0 aliphatic heterocycles. The Kier molecular flexibility index (Phi) is 7.98. The Morgan fingerprint density at radius 3 is 1.94 bits per heavy atom. The third-order valence-electron chi connectivity index (χ3n) is 0.972. The Hall–Kier alpha value is -2.40. The molecular formula is C4H10N3O9+. The predicted molar refractivity (Wildman–Crippen MR) is 42.9 cm³/mol. The van der Waals surface area contributed by atoms with Gasteiger partial charge in [0.25, 0.3) is 10.2 Å². The van der Waals surface area contributed by atoms with Crippen molar-refractivity contribution in [3.63, 3.8) is 0 Å². The minimum atomic E-state index is -1.51. The molecule has 0 aliphatic rings. The molecule has 0 spiro atoms. The smallest absolute Gasteiger partial charge is 0.311 e. The van der Waals surface area contributed by atoms with E-state index in [-0.39, 0.29) is 7.43 Å². The topological polar surface area (TPSA) is 154 Å². The molecule has 0 bridgehead atoms. The first-order chi connectivity index (χ1) is 6.91. The van der Waals surface area contributed by atoms with Gasteiger partial charge in [0, 0.05) is 0 Å². The van der Waals surface area contributed by atoms with Gasteiger partial charge in [-0.05, 0) is 0 Å². The van der Waals surface area contributed by atoms with Gasteiger partial charge >= 0.3 is 5.09 Å². The van der Waals surface area contributed by atoms with Crippen LogP contribution in [-0.2, 0) is 14.5 Å². The minimum absolute atomic E-state index is 0. The van der Waals surface area contributed by atoms with Crippen LogP contribution in [0.1, 0.15) is 7.43 Å². The largest absolute Gasteiger partial charge is 0.475 e. The van der Waals surface area contributed by atoms with Gasteiger partial charge in [-0.3, -0.25) is 0 Å². The van der Waals surface area contributed by atoms with Crippen LogP contribution in [0.4, 0.5) is 0 Å². The summed E-state index contributed by atoms with van der Waals surface area (Å²) in [6.45, 7) is -1.60. The fraction of sp³-hybridized carbons (Fsp3) is 1.00. The van der Waals surface area contributed by atoms with Crippen molar-refractivity contribution in [3.05, 3.63) is 25.1 Å². The van der Waals surface area contributed by atoms with Crippen LogP contribution < -0.4 is 0 Å². The molecule has 0 radical (unpaired) electrons. The minimum Gasteiger partial charge on any atom is -0.311 e. The van der Waals surface area contributed by atoms with Crippen LogP contribution in [0.25, 0.3) is 0 Å². The van der Waals surface area contributed by atoms with Crippen LogP contribution >= 0.6 is 0 Å². The first-order valence-electron chi connectivity index (χ1n) is 3.29. The lowest BCUT2D eigenvalue weighted by Gasteiger charge is -2.08. The zero-order chi connectivity index (χ0) is 11.8. The summed E-state index contributed by atoms with van der Waals surface area (Å²) in [7, 11) is 0. The normalized spacial score (nSPS) is 10.5. The van der Waals surface area contributed by atoms with Gasteiger partial charge in [0.1, 0.15) is 11.5 Å². The maximum absolute atomic E-state index is 9.85. The number of hydrogen-bond donors (Lipinski definition) is 1. The Labute approximate surface area is 88.0 Å². The summed E-state index contributed by atoms with van der Waals surface area (Å²) in [5.41, 5.74) is 0. The van der Waals surface area contributed by atoms with Crippen LogP contribution in [0.5, 0.6) is 0 Å². The van der Waals surface area contributed by atoms with E-state index in [2.05, 4.69) is 14.5 Å². The fourth-order valence-corrected chi connectivity index (χ4v) is 0.522. The lowest BCUT2D eigenvalue weighted by molar-refractivity contribution is -0.977. The van der Waals surface area contributed by atoms with Crippen molar-refractivity contribution in [3.8, 4) is 0 Å². The number of nitrogens with zero attached hydrogens (tertiary/aromatic N) is 3. The Bertz CT molecular complexity index is 237. The molecule has 12 nitrogen and oxygen atoms in total. The highest BCUT2D eigenvalue weighted by molar-refractivity contribution is 4.49. The molecular weight excluding hydrogens is 234 g/mol. The highest BCUT2D eigenvalue weighted by Gasteiger charge is 2.21. The van der Waals surface area contributed by atoms with E-state index in [0.717, 1.165) is 0 Å². The molecule has 12 heteroatoms. The summed E-state index contributed by atoms with van der Waals surface area (Å²) in [5, 5.41) is 24.1. The highest BCUT2D eigenvalue weighted by atomic mass is 17.0. The van der Waals surface area contributed by atoms with E-state index >= 15 is 0 Å². The second-order valence-corrected chi connectivity index (χ2v) is 2.00. The molecule has 0 aromatic heterocycles. The molecule has 0 heterocycles. The van der Waals surface area contributed by atoms with Gasteiger partial charge in [-0.1, -0.05) is 7.43 Å². The van der Waals surface area contributed by atoms with E-state index < -0.39 is 34.6 Å². The van der Waals surface area contributed by atoms with E-state index in [1.165, 1.54) is 0 Å². The standard InChI is InChI=1S/C3H6N3O9.CH4/c7-4(8)13-1-3(15-6(11)12)2-14-5(9)10;/h3H,1-2H2,(H,7,8);1H4/q+1;. The van der Waals surface area contributed by atoms with E-state index in [1.807, 2.05) is 0 Å². The van der Waals surface area contributed by atoms with Crippen LogP contribution in [0.2, 0.25) is 0 Å². The molecule has 0 saturated carbocycles. The summed E-state index contributed by atoms with van der Waals surface area (Å²) in [4.78, 5) is 40.8. The van der Waals surface area contributed by atoms with Crippen molar-refractivity contribution in [2.24, 2.45) is 0 Å². The van der Waals surface area contributed by atoms with Crippen molar-refractivity contribution >= 4 is 0 Å². The van der Waals surface area contributed by atoms with Gasteiger partial charge in [0.05, 0.1) is 0 Å². The maximum atomic E-state index is 9.85. The van der Waals surface area contributed by atoms with Gasteiger partial charge in [-0.15, -0.1) is 20.2 Å². The van der Waals surface area contributed by atoms with E-state index in [1.54, 1.807) is 0 Å². The number of rotatable bonds is 8. The van der Waals surface area contributed by atoms with Crippen LogP contribution in [0.3, 0.4) is 0 Å². The molecule has 1 unspecified atom stereocenters. The molecule has 0 saturated heterocycles. The van der Waals surface area contributed by atoms with Crippen LogP contribution in [0, 0.1) is 25.1 Å². The van der Waals surface area contributed by atoms with Crippen LogP contribution in [0.15, 0.2) is 0 Å². The SMILES string of the molecule is C.O=[N+]([O-])OCC(CO[N+](=O)O)O[N+](=O)[O-]. The van der Waals surface area contributed by atoms with Gasteiger partial charge in [-0.25, -0.2) is 5.21 Å². The van der Waals surface area contributed by atoms with Crippen LogP contribution in [-0.4, -0.2) is 39.8 Å². The van der Waals surface area contributed by atoms with Crippen molar-refractivity contribution < 1.29 is 35.0 Å². The highest BCUT2D eigenvalue weighted by Crippen LogP contribution is 1.95. The quantitative estimate of drug-likeness (QED) is 0.439. The molecule has 0 amide bonds. The van der Waals surface area contributed by atoms with Crippen molar-refractivity contribution in [1.82, 2.24) is 0 Å². The molecule has 0 rings (SSSR count). The Morgan fingerprint density at radius 2 is 1.56 bits per heavy atom. The second-order valence-electron chi connectivity index (χ2n) is 2.00. The average Bonchev–Trinajstić information content (AvgIpc) is 2.08. The molecule has 94 valence electrons. The van der Waals surface area contributed by atoms with Gasteiger partial charge in [-0.2, -0.15) is 4.84 Å². The zero-order valence-electron chi connectivity index (χ0n) is 7.05. The third kappa shape index (κ3) is 9.69. The fourth-order valence-electron chi connectivity index (χ4n) is 0.522. The summed E-state index contributed by atoms with van der Waals surface area (Å²) >= 11 is 0. The third-order valence-corrected chi connectivity index (χ3v) is 0.972. The lowest BCUT2D eigenvalue weighted by Crippen LogP contribution is -2.30. The lowest BCUT2D eigenvalue weighted by atomic mass is 10.4. The molecule has 1 N–H and O–H groups in total. The van der Waals surface area contributed by atoms with Gasteiger partial charge < -0.3 is 9.68 Å². The van der Waals surface area contributed by atoms with Crippen molar-refractivity contribution in [2.45, 2.75) is 13.5 Å². The molecule has 0 aliphatic carbocycles. The molecule has 16 heavy (non-hydrogen) atoms. The number of hydrogen-bond acceptors (Lipinski definition) is 8. The second kappa shape index (κ2) is 7.95. The van der Waals surface area contributed by atoms with Crippen molar-refractivity contribution in [2.75, 3.05) is 13.2 Å². The Morgan fingerprint density at radius 1 is 1.06 bits per heavy atom. The zero-order valence-corrected chi connectivity index (χ0v) is 7.05. The predicted octanol–water partition coefficient (Wildman–Crippen LogP) is -0.493. The first kappa shape index (κ1) is 16.0. The molecule has 0 aromatic rings. The maximum Gasteiger partial charge on any atom is 0.475 e. The van der Waals surface area contributed by atoms with E-state index in [4.69, 9.17) is 5.21 Å². The van der Waals surface area contributed by atoms with E-state index in [0.29, 0.717) is 0 Å². The first-order valence-corrected chi connectivity index (χ1v) is 3.29. The summed E-state index contributed by atoms with van der Waals surface area (Å²) in [5.74, 6) is 0.